The van der Waals surface area contributed by atoms with Crippen LogP contribution in [0.5, 0.6) is 0 Å². The first-order valence-electron chi connectivity index (χ1n) is 7.07. The number of hydrogen-bond donors (Lipinski definition) is 0. The van der Waals surface area contributed by atoms with Crippen molar-refractivity contribution in [2.45, 2.75) is 38.8 Å². The Morgan fingerprint density at radius 1 is 1.50 bits per heavy atom. The van der Waals surface area contributed by atoms with Gasteiger partial charge in [0, 0.05) is 20.7 Å². The molecule has 0 spiro atoms. The van der Waals surface area contributed by atoms with E-state index in [0.29, 0.717) is 17.9 Å². The molecule has 0 bridgehead atoms. The molecule has 0 atom stereocenters. The summed E-state index contributed by atoms with van der Waals surface area (Å²) >= 11 is 3.42. The van der Waals surface area contributed by atoms with Gasteiger partial charge >= 0.3 is 0 Å². The summed E-state index contributed by atoms with van der Waals surface area (Å²) in [7, 11) is -1.15. The molecule has 0 N–H and O–H groups in total. The van der Waals surface area contributed by atoms with E-state index < -0.39 is 8.07 Å². The maximum atomic E-state index is 12.1. The van der Waals surface area contributed by atoms with E-state index in [-0.39, 0.29) is 18.9 Å². The van der Waals surface area contributed by atoms with Gasteiger partial charge in [0.2, 0.25) is 0 Å². The topological polar surface area (TPSA) is 68.2 Å². The number of Topliss-reactive ketones (excluding diaryl/α,β-unsaturated/α-hetero) is 1. The number of hydrogen-bond acceptors (Lipinski definition) is 4. The number of furan rings is 1. The van der Waals surface area contributed by atoms with Crippen LogP contribution in [-0.2, 0) is 11.5 Å². The predicted octanol–water partition coefficient (Wildman–Crippen LogP) is 4.41. The molecule has 0 saturated carbocycles. The molecule has 22 heavy (non-hydrogen) atoms. The van der Waals surface area contributed by atoms with Gasteiger partial charge in [-0.3, -0.25) is 4.79 Å². The number of nitriles is 1. The maximum Gasteiger partial charge on any atom is 0.193 e. The molecule has 0 aliphatic carbocycles. The monoisotopic (exact) mass is 382 g/mol. The molecule has 2 heterocycles. The molecule has 0 aromatic carbocycles. The van der Waals surface area contributed by atoms with E-state index in [1.54, 1.807) is 16.9 Å². The van der Waals surface area contributed by atoms with Crippen molar-refractivity contribution in [3.05, 3.63) is 22.5 Å². The molecule has 0 radical (unpaired) electrons. The number of rotatable bonds is 7. The molecular weight excluding hydrogens is 364 g/mol. The van der Waals surface area contributed by atoms with Gasteiger partial charge in [0.05, 0.1) is 16.2 Å². The second-order valence-corrected chi connectivity index (χ2v) is 12.8. The third kappa shape index (κ3) is 3.88. The molecule has 0 unspecified atom stereocenters. The van der Waals surface area contributed by atoms with Gasteiger partial charge in [0.15, 0.2) is 11.4 Å². The van der Waals surface area contributed by atoms with Crippen LogP contribution in [0.3, 0.4) is 0 Å². The van der Waals surface area contributed by atoms with Gasteiger partial charge in [-0.2, -0.15) is 5.26 Å². The molecule has 0 aliphatic heterocycles. The highest BCUT2D eigenvalue weighted by atomic mass is 79.9. The van der Waals surface area contributed by atoms with Crippen molar-refractivity contribution in [2.24, 2.45) is 0 Å². The lowest BCUT2D eigenvalue weighted by Crippen LogP contribution is -2.22. The second kappa shape index (κ2) is 6.81. The first-order chi connectivity index (χ1) is 10.3. The van der Waals surface area contributed by atoms with Crippen LogP contribution in [0.1, 0.15) is 16.9 Å². The minimum atomic E-state index is -1.15. The lowest BCUT2D eigenvalue weighted by molar-refractivity contribution is 0.0829. The van der Waals surface area contributed by atoms with Gasteiger partial charge in [-0.05, 0) is 22.0 Å². The minimum Gasteiger partial charge on any atom is -0.461 e. The molecule has 0 saturated heterocycles. The van der Waals surface area contributed by atoms with Crippen LogP contribution in [0.4, 0.5) is 0 Å². The summed E-state index contributed by atoms with van der Waals surface area (Å²) in [5, 5.41) is 8.73. The van der Waals surface area contributed by atoms with Gasteiger partial charge in [0.25, 0.3) is 0 Å². The number of halogens is 1. The quantitative estimate of drug-likeness (QED) is 0.404. The zero-order valence-corrected chi connectivity index (χ0v) is 15.6. The Labute approximate surface area is 139 Å². The molecule has 7 heteroatoms. The summed E-state index contributed by atoms with van der Waals surface area (Å²) in [6.07, 6.45) is 1.43. The van der Waals surface area contributed by atoms with Crippen molar-refractivity contribution in [3.8, 4) is 6.07 Å². The summed E-state index contributed by atoms with van der Waals surface area (Å²) in [6.45, 7) is 7.81. The molecule has 118 valence electrons. The van der Waals surface area contributed by atoms with Crippen LogP contribution >= 0.6 is 15.9 Å². The number of ether oxygens (including phenoxy) is 1. The Hall–Kier alpha value is -1.36. The van der Waals surface area contributed by atoms with Crippen molar-refractivity contribution < 1.29 is 13.9 Å². The Morgan fingerprint density at radius 3 is 2.86 bits per heavy atom. The zero-order valence-electron chi connectivity index (χ0n) is 13.0. The lowest BCUT2D eigenvalue weighted by atomic mass is 10.2. The second-order valence-electron chi connectivity index (χ2n) is 6.36. The van der Waals surface area contributed by atoms with Gasteiger partial charge in [-0.15, -0.1) is 0 Å². The highest BCUT2D eigenvalue weighted by Crippen LogP contribution is 2.30. The number of ketones is 1. The molecule has 2 aromatic rings. The third-order valence-electron chi connectivity index (χ3n) is 3.32. The van der Waals surface area contributed by atoms with E-state index in [1.165, 1.54) is 0 Å². The first-order valence-corrected chi connectivity index (χ1v) is 11.6. The van der Waals surface area contributed by atoms with E-state index >= 15 is 0 Å². The standard InChI is InChI=1S/C15H19BrN2O3Si/c1-22(2,3)7-6-20-10-18-12(13(19)4-5-17)8-14-15(18)11(16)9-21-14/h8-9H,4,6-7,10H2,1-3H3. The largest absolute Gasteiger partial charge is 0.461 e. The average Bonchev–Trinajstić information content (AvgIpc) is 2.95. The zero-order chi connectivity index (χ0) is 16.3. The SMILES string of the molecule is C[Si](C)(C)CCOCn1c(C(=O)CC#N)cc2occ(Br)c21. The van der Waals surface area contributed by atoms with E-state index in [2.05, 4.69) is 35.6 Å². The van der Waals surface area contributed by atoms with E-state index in [9.17, 15) is 4.79 Å². The smallest absolute Gasteiger partial charge is 0.193 e. The lowest BCUT2D eigenvalue weighted by Gasteiger charge is -2.16. The number of carbonyl (C=O) groups excluding carboxylic acids is 1. The number of carbonyl (C=O) groups is 1. The van der Waals surface area contributed by atoms with Crippen molar-refractivity contribution >= 4 is 40.9 Å². The van der Waals surface area contributed by atoms with Crippen LogP contribution in [0, 0.1) is 11.3 Å². The van der Waals surface area contributed by atoms with Crippen LogP contribution in [0.2, 0.25) is 25.7 Å². The Morgan fingerprint density at radius 2 is 2.23 bits per heavy atom. The van der Waals surface area contributed by atoms with Gasteiger partial charge < -0.3 is 13.7 Å². The van der Waals surface area contributed by atoms with Crippen LogP contribution in [-0.4, -0.2) is 25.0 Å². The molecule has 2 rings (SSSR count). The summed E-state index contributed by atoms with van der Waals surface area (Å²) in [5.41, 5.74) is 1.85. The third-order valence-corrected chi connectivity index (χ3v) is 5.59. The van der Waals surface area contributed by atoms with E-state index in [1.807, 2.05) is 6.07 Å². The van der Waals surface area contributed by atoms with Crippen molar-refractivity contribution in [1.82, 2.24) is 4.57 Å². The number of aromatic nitrogens is 1. The summed E-state index contributed by atoms with van der Waals surface area (Å²) in [4.78, 5) is 12.1. The molecule has 2 aromatic heterocycles. The van der Waals surface area contributed by atoms with Gasteiger partial charge in [0.1, 0.15) is 24.9 Å². The minimum absolute atomic E-state index is 0.154. The van der Waals surface area contributed by atoms with Gasteiger partial charge in [-0.1, -0.05) is 19.6 Å². The van der Waals surface area contributed by atoms with Crippen LogP contribution in [0.25, 0.3) is 11.1 Å². The molecule has 5 nitrogen and oxygen atoms in total. The summed E-state index contributed by atoms with van der Waals surface area (Å²) < 4.78 is 13.7. The van der Waals surface area contributed by atoms with E-state index in [4.69, 9.17) is 14.4 Å². The molecule has 0 amide bonds. The average molecular weight is 383 g/mol. The van der Waals surface area contributed by atoms with Crippen LogP contribution < -0.4 is 0 Å². The normalized spacial score (nSPS) is 11.8. The fourth-order valence-electron chi connectivity index (χ4n) is 2.09. The molecular formula is C15H19BrN2O3Si. The van der Waals surface area contributed by atoms with Crippen molar-refractivity contribution in [1.29, 1.82) is 5.26 Å². The number of nitrogens with zero attached hydrogens (tertiary/aromatic N) is 2. The van der Waals surface area contributed by atoms with Crippen molar-refractivity contribution in [2.75, 3.05) is 6.61 Å². The summed E-state index contributed by atoms with van der Waals surface area (Å²) in [5.74, 6) is -0.227. The Balaban J connectivity index is 2.21. The number of fused-ring (bicyclic) bond motifs is 1. The molecule has 0 fully saturated rings. The first kappa shape index (κ1) is 17.0. The van der Waals surface area contributed by atoms with Crippen molar-refractivity contribution in [3.63, 3.8) is 0 Å². The summed E-state index contributed by atoms with van der Waals surface area (Å²) in [6, 6.07) is 4.62. The Kier molecular flexibility index (Phi) is 5.27. The van der Waals surface area contributed by atoms with Gasteiger partial charge in [-0.25, -0.2) is 0 Å². The fourth-order valence-corrected chi connectivity index (χ4v) is 3.35. The molecule has 0 aliphatic rings. The fraction of sp³-hybridized carbons (Fsp3) is 0.467. The highest BCUT2D eigenvalue weighted by molar-refractivity contribution is 9.10. The predicted molar refractivity (Wildman–Crippen MR) is 90.6 cm³/mol. The van der Waals surface area contributed by atoms with E-state index in [0.717, 1.165) is 16.0 Å². The Bertz CT molecular complexity index is 722. The van der Waals surface area contributed by atoms with Crippen LogP contribution in [0.15, 0.2) is 21.2 Å². The maximum absolute atomic E-state index is 12.1. The highest BCUT2D eigenvalue weighted by Gasteiger charge is 2.20.